The van der Waals surface area contributed by atoms with E-state index in [-0.39, 0.29) is 23.3 Å². The molecule has 10 nitrogen and oxygen atoms in total. The molecule has 1 saturated heterocycles. The number of hydrogen-bond acceptors (Lipinski definition) is 6. The minimum absolute atomic E-state index is 0.171. The maximum atomic E-state index is 13.2. The number of imidazole rings is 1. The number of aromatic nitrogens is 3. The fraction of sp³-hybridized carbons (Fsp3) is 0.333. The molecule has 0 aliphatic carbocycles. The van der Waals surface area contributed by atoms with Gasteiger partial charge in [-0.3, -0.25) is 10.1 Å². The molecule has 0 radical (unpaired) electrons. The molecule has 0 saturated carbocycles. The average Bonchev–Trinajstić information content (AvgIpc) is 3.27. The van der Waals surface area contributed by atoms with E-state index < -0.39 is 12.4 Å². The lowest BCUT2D eigenvalue weighted by Gasteiger charge is -2.35. The molecule has 1 fully saturated rings. The van der Waals surface area contributed by atoms with Crippen LogP contribution in [0.4, 0.5) is 35.3 Å². The predicted molar refractivity (Wildman–Crippen MR) is 131 cm³/mol. The van der Waals surface area contributed by atoms with Gasteiger partial charge < -0.3 is 24.4 Å². The number of carbonyl (C=O) groups is 2. The summed E-state index contributed by atoms with van der Waals surface area (Å²) in [6.07, 6.45) is -1.52. The first-order valence-corrected chi connectivity index (χ1v) is 11.6. The number of hydrogen-bond donors (Lipinski definition) is 2. The molecule has 1 aliphatic heterocycles. The van der Waals surface area contributed by atoms with Crippen molar-refractivity contribution in [1.82, 2.24) is 19.4 Å². The molecular formula is C24H26F3N7O3. The number of carbonyl (C=O) groups excluding carboxylic acids is 2. The number of nitrogens with one attached hydrogen (secondary N) is 2. The first-order chi connectivity index (χ1) is 17.6. The van der Waals surface area contributed by atoms with Gasteiger partial charge in [-0.15, -0.1) is 13.2 Å². The number of pyridine rings is 1. The van der Waals surface area contributed by atoms with Gasteiger partial charge >= 0.3 is 12.4 Å². The number of anilines is 3. The first-order valence-electron chi connectivity index (χ1n) is 11.6. The van der Waals surface area contributed by atoms with Crippen LogP contribution in [0, 0.1) is 6.92 Å². The van der Waals surface area contributed by atoms with E-state index in [0.717, 1.165) is 11.9 Å². The number of halogens is 3. The number of aryl methyl sites for hydroxylation is 2. The Morgan fingerprint density at radius 2 is 1.84 bits per heavy atom. The smallest absolute Gasteiger partial charge is 0.406 e. The van der Waals surface area contributed by atoms with Gasteiger partial charge in [-0.2, -0.15) is 0 Å². The van der Waals surface area contributed by atoms with Crippen molar-refractivity contribution < 1.29 is 27.5 Å². The zero-order valence-electron chi connectivity index (χ0n) is 20.2. The normalized spacial score (nSPS) is 13.9. The number of piperazine rings is 1. The number of nitrogens with zero attached hydrogens (tertiary/aromatic N) is 5. The van der Waals surface area contributed by atoms with E-state index in [1.807, 2.05) is 25.1 Å². The molecule has 1 aliphatic rings. The van der Waals surface area contributed by atoms with Crippen molar-refractivity contribution in [3.63, 3.8) is 0 Å². The van der Waals surface area contributed by atoms with Gasteiger partial charge in [-0.25, -0.2) is 14.8 Å². The number of alkyl halides is 3. The molecule has 4 rings (SSSR count). The van der Waals surface area contributed by atoms with E-state index in [9.17, 15) is 22.8 Å². The van der Waals surface area contributed by atoms with Gasteiger partial charge in [-0.1, -0.05) is 6.07 Å². The molecule has 13 heteroatoms. The minimum atomic E-state index is -4.81. The van der Waals surface area contributed by atoms with Crippen LogP contribution in [0.15, 0.2) is 48.8 Å². The van der Waals surface area contributed by atoms with Crippen molar-refractivity contribution in [2.24, 2.45) is 0 Å². The van der Waals surface area contributed by atoms with Crippen molar-refractivity contribution in [2.75, 3.05) is 41.7 Å². The number of amides is 3. The minimum Gasteiger partial charge on any atom is -0.406 e. The molecule has 1 aromatic carbocycles. The number of ether oxygens (including phenoxy) is 1. The second-order valence-electron chi connectivity index (χ2n) is 8.31. The summed E-state index contributed by atoms with van der Waals surface area (Å²) in [6.45, 7) is 6.13. The molecule has 0 unspecified atom stereocenters. The Hall–Kier alpha value is -4.29. The third kappa shape index (κ3) is 6.48. The van der Waals surface area contributed by atoms with Crippen LogP contribution in [0.2, 0.25) is 0 Å². The molecule has 3 amide bonds. The van der Waals surface area contributed by atoms with E-state index in [4.69, 9.17) is 0 Å². The Morgan fingerprint density at radius 1 is 1.08 bits per heavy atom. The molecule has 2 aromatic heterocycles. The second-order valence-corrected chi connectivity index (χ2v) is 8.31. The van der Waals surface area contributed by atoms with E-state index in [1.54, 1.807) is 21.9 Å². The van der Waals surface area contributed by atoms with E-state index in [0.29, 0.717) is 44.0 Å². The molecule has 0 atom stereocenters. The summed E-state index contributed by atoms with van der Waals surface area (Å²) in [6, 6.07) is 8.62. The van der Waals surface area contributed by atoms with Crippen LogP contribution in [0.1, 0.15) is 23.1 Å². The van der Waals surface area contributed by atoms with Gasteiger partial charge in [0.25, 0.3) is 5.91 Å². The van der Waals surface area contributed by atoms with E-state index in [1.165, 1.54) is 19.1 Å². The van der Waals surface area contributed by atoms with Crippen molar-refractivity contribution in [1.29, 1.82) is 0 Å². The average molecular weight is 518 g/mol. The second kappa shape index (κ2) is 10.8. The Kier molecular flexibility index (Phi) is 7.50. The molecule has 37 heavy (non-hydrogen) atoms. The third-order valence-corrected chi connectivity index (χ3v) is 5.77. The van der Waals surface area contributed by atoms with E-state index in [2.05, 4.69) is 30.2 Å². The summed E-state index contributed by atoms with van der Waals surface area (Å²) in [7, 11) is 0. The van der Waals surface area contributed by atoms with Gasteiger partial charge in [-0.05, 0) is 49.7 Å². The van der Waals surface area contributed by atoms with Crippen LogP contribution < -0.4 is 20.3 Å². The number of urea groups is 1. The molecule has 2 N–H and O–H groups in total. The Labute approximate surface area is 211 Å². The summed E-state index contributed by atoms with van der Waals surface area (Å²) < 4.78 is 42.8. The summed E-state index contributed by atoms with van der Waals surface area (Å²) >= 11 is 0. The molecule has 0 bridgehead atoms. The molecule has 0 spiro atoms. The zero-order chi connectivity index (χ0) is 26.6. The van der Waals surface area contributed by atoms with Crippen LogP contribution in [-0.2, 0) is 6.54 Å². The molecule has 3 aromatic rings. The summed E-state index contributed by atoms with van der Waals surface area (Å²) in [5.41, 5.74) is 0.667. The van der Waals surface area contributed by atoms with Crippen LogP contribution in [0.5, 0.6) is 5.75 Å². The maximum Gasteiger partial charge on any atom is 0.573 e. The van der Waals surface area contributed by atoms with Gasteiger partial charge in [0.05, 0.1) is 0 Å². The maximum absolute atomic E-state index is 13.2. The highest BCUT2D eigenvalue weighted by atomic mass is 19.4. The Balaban J connectivity index is 1.37. The van der Waals surface area contributed by atoms with Crippen LogP contribution in [0.25, 0.3) is 0 Å². The summed E-state index contributed by atoms with van der Waals surface area (Å²) in [5.74, 6) is 0.604. The van der Waals surface area contributed by atoms with Crippen molar-refractivity contribution in [3.8, 4) is 5.75 Å². The van der Waals surface area contributed by atoms with Crippen molar-refractivity contribution in [3.05, 3.63) is 60.2 Å². The lowest BCUT2D eigenvalue weighted by atomic mass is 10.2. The van der Waals surface area contributed by atoms with Crippen LogP contribution in [0.3, 0.4) is 0 Å². The van der Waals surface area contributed by atoms with Gasteiger partial charge in [0, 0.05) is 50.8 Å². The molecule has 3 heterocycles. The largest absolute Gasteiger partial charge is 0.573 e. The third-order valence-electron chi connectivity index (χ3n) is 5.77. The summed E-state index contributed by atoms with van der Waals surface area (Å²) in [4.78, 5) is 38.2. The SMILES string of the molecule is CCn1cc(NC(=O)Nc2ccc(OC(F)(F)F)cc2C)nc1C(=O)N1CCN(c2ccccn2)CC1. The summed E-state index contributed by atoms with van der Waals surface area (Å²) in [5, 5.41) is 5.14. The first kappa shape index (κ1) is 25.8. The van der Waals surface area contributed by atoms with Crippen molar-refractivity contribution >= 4 is 29.3 Å². The van der Waals surface area contributed by atoms with E-state index >= 15 is 0 Å². The number of rotatable bonds is 6. The van der Waals surface area contributed by atoms with Crippen LogP contribution in [-0.4, -0.2) is 63.9 Å². The fourth-order valence-corrected chi connectivity index (χ4v) is 3.95. The number of benzene rings is 1. The Morgan fingerprint density at radius 3 is 2.46 bits per heavy atom. The highest BCUT2D eigenvalue weighted by Crippen LogP contribution is 2.27. The molecular weight excluding hydrogens is 491 g/mol. The monoisotopic (exact) mass is 517 g/mol. The lowest BCUT2D eigenvalue weighted by Crippen LogP contribution is -2.49. The van der Waals surface area contributed by atoms with Gasteiger partial charge in [0.15, 0.2) is 5.82 Å². The topological polar surface area (TPSA) is 105 Å². The quantitative estimate of drug-likeness (QED) is 0.510. The van der Waals surface area contributed by atoms with Crippen molar-refractivity contribution in [2.45, 2.75) is 26.8 Å². The van der Waals surface area contributed by atoms with Crippen LogP contribution >= 0.6 is 0 Å². The highest BCUT2D eigenvalue weighted by molar-refractivity contribution is 6.00. The standard InChI is InChI=1S/C24H26F3N7O3/c1-3-32-15-19(31-23(36)29-18-8-7-17(14-16(18)2)37-24(25,26)27)30-21(32)22(35)34-12-10-33(11-13-34)20-6-4-5-9-28-20/h4-9,14-15H,3,10-13H2,1-2H3,(H2,29,31,36). The zero-order valence-corrected chi connectivity index (χ0v) is 20.2. The lowest BCUT2D eigenvalue weighted by molar-refractivity contribution is -0.274. The predicted octanol–water partition coefficient (Wildman–Crippen LogP) is 4.11. The fourth-order valence-electron chi connectivity index (χ4n) is 3.95. The van der Waals surface area contributed by atoms with Gasteiger partial charge in [0.2, 0.25) is 5.82 Å². The highest BCUT2D eigenvalue weighted by Gasteiger charge is 2.31. The Bertz CT molecular complexity index is 1260. The molecule has 196 valence electrons. The van der Waals surface area contributed by atoms with Gasteiger partial charge in [0.1, 0.15) is 11.6 Å².